The first kappa shape index (κ1) is 11.1. The Morgan fingerprint density at radius 2 is 2.31 bits per heavy atom. The van der Waals surface area contributed by atoms with E-state index >= 15 is 0 Å². The Kier molecular flexibility index (Phi) is 3.51. The molecular formula is C10H12BrN5. The molecule has 0 aliphatic rings. The molecule has 0 unspecified atom stereocenters. The highest BCUT2D eigenvalue weighted by Crippen LogP contribution is 2.14. The van der Waals surface area contributed by atoms with Crippen LogP contribution in [0.2, 0.25) is 0 Å². The van der Waals surface area contributed by atoms with Gasteiger partial charge in [-0.1, -0.05) is 0 Å². The molecule has 84 valence electrons. The lowest BCUT2D eigenvalue weighted by molar-refractivity contribution is 0.708. The van der Waals surface area contributed by atoms with Crippen LogP contribution in [-0.2, 0) is 13.1 Å². The van der Waals surface area contributed by atoms with Gasteiger partial charge in [-0.05, 0) is 28.9 Å². The van der Waals surface area contributed by atoms with E-state index in [0.717, 1.165) is 22.5 Å². The predicted molar refractivity (Wildman–Crippen MR) is 65.0 cm³/mol. The van der Waals surface area contributed by atoms with Gasteiger partial charge in [-0.25, -0.2) is 0 Å². The van der Waals surface area contributed by atoms with Crippen LogP contribution in [0.4, 0.5) is 5.69 Å². The number of aryl methyl sites for hydroxylation is 1. The molecule has 0 aliphatic carbocycles. The number of pyridine rings is 1. The maximum absolute atomic E-state index is 4.07. The third kappa shape index (κ3) is 2.57. The molecule has 0 amide bonds. The standard InChI is InChI=1S/C10H12BrN5/c1-2-16-7-14-15-10(16)6-13-9-3-8(11)4-12-5-9/h3-5,7,13H,2,6H2,1H3. The Morgan fingerprint density at radius 3 is 3.06 bits per heavy atom. The van der Waals surface area contributed by atoms with Crippen LogP contribution in [0.3, 0.4) is 0 Å². The van der Waals surface area contributed by atoms with Gasteiger partial charge in [0.05, 0.1) is 18.4 Å². The lowest BCUT2D eigenvalue weighted by atomic mass is 10.4. The number of anilines is 1. The largest absolute Gasteiger partial charge is 0.376 e. The average Bonchev–Trinajstić information content (AvgIpc) is 2.74. The number of hydrogen-bond donors (Lipinski definition) is 1. The quantitative estimate of drug-likeness (QED) is 0.932. The first-order valence-electron chi connectivity index (χ1n) is 5.00. The third-order valence-electron chi connectivity index (χ3n) is 2.19. The van der Waals surface area contributed by atoms with Crippen LogP contribution in [0.1, 0.15) is 12.7 Å². The van der Waals surface area contributed by atoms with E-state index in [1.165, 1.54) is 0 Å². The number of hydrogen-bond acceptors (Lipinski definition) is 4. The normalized spacial score (nSPS) is 10.4. The maximum atomic E-state index is 4.07. The van der Waals surface area contributed by atoms with Crippen molar-refractivity contribution in [3.63, 3.8) is 0 Å². The van der Waals surface area contributed by atoms with E-state index in [4.69, 9.17) is 0 Å². The zero-order valence-corrected chi connectivity index (χ0v) is 10.5. The molecule has 2 aromatic heterocycles. The molecule has 2 aromatic rings. The van der Waals surface area contributed by atoms with E-state index in [1.807, 2.05) is 10.6 Å². The lowest BCUT2D eigenvalue weighted by Crippen LogP contribution is -2.07. The molecule has 5 nitrogen and oxygen atoms in total. The third-order valence-corrected chi connectivity index (χ3v) is 2.63. The van der Waals surface area contributed by atoms with Gasteiger partial charge in [-0.2, -0.15) is 0 Å². The fraction of sp³-hybridized carbons (Fsp3) is 0.300. The van der Waals surface area contributed by atoms with Crippen molar-refractivity contribution in [2.45, 2.75) is 20.0 Å². The van der Waals surface area contributed by atoms with Crippen LogP contribution >= 0.6 is 15.9 Å². The van der Waals surface area contributed by atoms with Crippen LogP contribution in [0.5, 0.6) is 0 Å². The van der Waals surface area contributed by atoms with Crippen molar-refractivity contribution in [2.75, 3.05) is 5.32 Å². The molecule has 0 saturated heterocycles. The summed E-state index contributed by atoms with van der Waals surface area (Å²) in [6.45, 7) is 3.58. The molecule has 1 N–H and O–H groups in total. The molecule has 2 rings (SSSR count). The van der Waals surface area contributed by atoms with Gasteiger partial charge in [0.2, 0.25) is 0 Å². The lowest BCUT2D eigenvalue weighted by Gasteiger charge is -2.06. The van der Waals surface area contributed by atoms with E-state index in [-0.39, 0.29) is 0 Å². The zero-order chi connectivity index (χ0) is 11.4. The minimum Gasteiger partial charge on any atom is -0.376 e. The van der Waals surface area contributed by atoms with Gasteiger partial charge in [-0.15, -0.1) is 10.2 Å². The Labute approximate surface area is 102 Å². The van der Waals surface area contributed by atoms with Crippen molar-refractivity contribution in [3.8, 4) is 0 Å². The minimum atomic E-state index is 0.645. The summed E-state index contributed by atoms with van der Waals surface area (Å²) in [5, 5.41) is 11.2. The first-order chi connectivity index (χ1) is 7.79. The highest BCUT2D eigenvalue weighted by molar-refractivity contribution is 9.10. The molecular weight excluding hydrogens is 270 g/mol. The Balaban J connectivity index is 2.02. The van der Waals surface area contributed by atoms with Crippen LogP contribution in [-0.4, -0.2) is 19.7 Å². The van der Waals surface area contributed by atoms with Gasteiger partial charge in [0, 0.05) is 17.2 Å². The second kappa shape index (κ2) is 5.07. The average molecular weight is 282 g/mol. The molecule has 16 heavy (non-hydrogen) atoms. The van der Waals surface area contributed by atoms with Gasteiger partial charge in [0.1, 0.15) is 6.33 Å². The Hall–Kier alpha value is -1.43. The van der Waals surface area contributed by atoms with Crippen LogP contribution < -0.4 is 5.32 Å². The molecule has 0 radical (unpaired) electrons. The van der Waals surface area contributed by atoms with Crippen LogP contribution in [0.15, 0.2) is 29.3 Å². The predicted octanol–water partition coefficient (Wildman–Crippen LogP) is 2.07. The van der Waals surface area contributed by atoms with Gasteiger partial charge in [-0.3, -0.25) is 4.98 Å². The van der Waals surface area contributed by atoms with Gasteiger partial charge >= 0.3 is 0 Å². The molecule has 0 fully saturated rings. The maximum Gasteiger partial charge on any atom is 0.152 e. The monoisotopic (exact) mass is 281 g/mol. The molecule has 0 saturated carbocycles. The number of rotatable bonds is 4. The fourth-order valence-electron chi connectivity index (χ4n) is 1.37. The summed E-state index contributed by atoms with van der Waals surface area (Å²) in [6, 6.07) is 1.97. The number of aromatic nitrogens is 4. The number of nitrogens with zero attached hydrogens (tertiary/aromatic N) is 4. The highest BCUT2D eigenvalue weighted by Gasteiger charge is 2.02. The van der Waals surface area contributed by atoms with E-state index < -0.39 is 0 Å². The fourth-order valence-corrected chi connectivity index (χ4v) is 1.73. The molecule has 0 atom stereocenters. The van der Waals surface area contributed by atoms with E-state index in [1.54, 1.807) is 18.7 Å². The SMILES string of the molecule is CCn1cnnc1CNc1cncc(Br)c1. The van der Waals surface area contributed by atoms with Crippen LogP contribution in [0.25, 0.3) is 0 Å². The van der Waals surface area contributed by atoms with Crippen molar-refractivity contribution in [1.82, 2.24) is 19.7 Å². The van der Waals surface area contributed by atoms with Crippen molar-refractivity contribution in [3.05, 3.63) is 35.1 Å². The highest BCUT2D eigenvalue weighted by atomic mass is 79.9. The van der Waals surface area contributed by atoms with Gasteiger partial charge < -0.3 is 9.88 Å². The molecule has 6 heteroatoms. The van der Waals surface area contributed by atoms with Gasteiger partial charge in [0.25, 0.3) is 0 Å². The second-order valence-corrected chi connectivity index (χ2v) is 4.19. The number of nitrogens with one attached hydrogen (secondary N) is 1. The first-order valence-corrected chi connectivity index (χ1v) is 5.80. The smallest absolute Gasteiger partial charge is 0.152 e. The van der Waals surface area contributed by atoms with Crippen molar-refractivity contribution in [1.29, 1.82) is 0 Å². The molecule has 0 bridgehead atoms. The van der Waals surface area contributed by atoms with Crippen molar-refractivity contribution < 1.29 is 0 Å². The summed E-state index contributed by atoms with van der Waals surface area (Å²) < 4.78 is 2.95. The topological polar surface area (TPSA) is 55.6 Å². The summed E-state index contributed by atoms with van der Waals surface area (Å²) in [6.07, 6.45) is 5.26. The Morgan fingerprint density at radius 1 is 1.44 bits per heavy atom. The van der Waals surface area contributed by atoms with E-state index in [2.05, 4.69) is 43.4 Å². The van der Waals surface area contributed by atoms with E-state index in [0.29, 0.717) is 6.54 Å². The molecule has 0 aromatic carbocycles. The van der Waals surface area contributed by atoms with Crippen LogP contribution in [0, 0.1) is 0 Å². The summed E-state index contributed by atoms with van der Waals surface area (Å²) >= 11 is 3.37. The Bertz CT molecular complexity index is 468. The summed E-state index contributed by atoms with van der Waals surface area (Å²) in [5.41, 5.74) is 0.958. The minimum absolute atomic E-state index is 0.645. The molecule has 0 aliphatic heterocycles. The van der Waals surface area contributed by atoms with Crippen molar-refractivity contribution >= 4 is 21.6 Å². The molecule has 0 spiro atoms. The van der Waals surface area contributed by atoms with E-state index in [9.17, 15) is 0 Å². The molecule has 2 heterocycles. The van der Waals surface area contributed by atoms with Crippen molar-refractivity contribution in [2.24, 2.45) is 0 Å². The second-order valence-electron chi connectivity index (χ2n) is 3.28. The van der Waals surface area contributed by atoms with Gasteiger partial charge in [0.15, 0.2) is 5.82 Å². The summed E-state index contributed by atoms with van der Waals surface area (Å²) in [4.78, 5) is 4.07. The number of halogens is 1. The zero-order valence-electron chi connectivity index (χ0n) is 8.89. The summed E-state index contributed by atoms with van der Waals surface area (Å²) in [7, 11) is 0. The summed E-state index contributed by atoms with van der Waals surface area (Å²) in [5.74, 6) is 0.919.